The molecule has 3 nitrogen and oxygen atoms in total. The Morgan fingerprint density at radius 1 is 1.16 bits per heavy atom. The zero-order chi connectivity index (χ0) is 17.4. The molecule has 1 aromatic heterocycles. The van der Waals surface area contributed by atoms with E-state index in [0.29, 0.717) is 0 Å². The van der Waals surface area contributed by atoms with E-state index in [4.69, 9.17) is 0 Å². The van der Waals surface area contributed by atoms with Crippen LogP contribution in [-0.2, 0) is 12.8 Å². The number of aromatic nitrogens is 1. The van der Waals surface area contributed by atoms with Gasteiger partial charge in [-0.2, -0.15) is 0 Å². The number of fused-ring (bicyclic) bond motifs is 1. The van der Waals surface area contributed by atoms with Gasteiger partial charge in [-0.3, -0.25) is 4.79 Å². The third kappa shape index (κ3) is 2.98. The topological polar surface area (TPSA) is 33.2 Å². The van der Waals surface area contributed by atoms with E-state index in [9.17, 15) is 4.79 Å². The Hall–Kier alpha value is -2.46. The van der Waals surface area contributed by atoms with Crippen molar-refractivity contribution in [3.8, 4) is 0 Å². The molecule has 4 rings (SSSR count). The van der Waals surface area contributed by atoms with Crippen molar-refractivity contribution in [2.24, 2.45) is 0 Å². The molecule has 25 heavy (non-hydrogen) atoms. The number of hydrogen-bond donors (Lipinski definition) is 0. The van der Waals surface area contributed by atoms with Crippen LogP contribution in [0.5, 0.6) is 0 Å². The summed E-state index contributed by atoms with van der Waals surface area (Å²) in [4.78, 5) is 20.5. The lowest BCUT2D eigenvalue weighted by Gasteiger charge is -2.22. The second kappa shape index (κ2) is 6.45. The first-order valence-corrected chi connectivity index (χ1v) is 9.37. The number of nitrogens with zero attached hydrogens (tertiary/aromatic N) is 2. The predicted octanol–water partition coefficient (Wildman–Crippen LogP) is 4.63. The van der Waals surface area contributed by atoms with E-state index in [1.54, 1.807) is 0 Å². The highest BCUT2D eigenvalue weighted by Crippen LogP contribution is 2.34. The van der Waals surface area contributed by atoms with Gasteiger partial charge in [-0.1, -0.05) is 48.5 Å². The van der Waals surface area contributed by atoms with Gasteiger partial charge in [0.05, 0.1) is 10.7 Å². The number of rotatable bonds is 3. The maximum absolute atomic E-state index is 13.2. The monoisotopic (exact) mass is 348 g/mol. The highest BCUT2D eigenvalue weighted by Gasteiger charge is 2.33. The molecule has 0 fully saturated rings. The lowest BCUT2D eigenvalue weighted by molar-refractivity contribution is 0.0984. The molecular formula is C21H20N2OS. The van der Waals surface area contributed by atoms with Crippen LogP contribution < -0.4 is 4.90 Å². The summed E-state index contributed by atoms with van der Waals surface area (Å²) in [6, 6.07) is 18.6. The normalized spacial score (nSPS) is 16.1. The van der Waals surface area contributed by atoms with E-state index in [-0.39, 0.29) is 11.9 Å². The number of para-hydroxylation sites is 1. The second-order valence-corrected chi connectivity index (χ2v) is 7.63. The highest BCUT2D eigenvalue weighted by molar-refractivity contribution is 7.14. The average Bonchev–Trinajstić information content (AvgIpc) is 3.14. The average molecular weight is 348 g/mol. The van der Waals surface area contributed by atoms with Gasteiger partial charge in [0.2, 0.25) is 0 Å². The van der Waals surface area contributed by atoms with Crippen LogP contribution in [0.1, 0.15) is 38.4 Å². The smallest absolute Gasteiger partial charge is 0.270 e. The number of hydrogen-bond acceptors (Lipinski definition) is 3. The third-order valence-corrected chi connectivity index (χ3v) is 5.80. The van der Waals surface area contributed by atoms with Gasteiger partial charge < -0.3 is 4.90 Å². The predicted molar refractivity (Wildman–Crippen MR) is 103 cm³/mol. The lowest BCUT2D eigenvalue weighted by Crippen LogP contribution is -2.35. The van der Waals surface area contributed by atoms with Gasteiger partial charge in [-0.25, -0.2) is 4.98 Å². The summed E-state index contributed by atoms with van der Waals surface area (Å²) < 4.78 is 0. The fourth-order valence-electron chi connectivity index (χ4n) is 3.48. The van der Waals surface area contributed by atoms with Crippen molar-refractivity contribution in [2.45, 2.75) is 32.7 Å². The standard InChI is InChI=1S/C21H20N2OS/c1-14-12-17-10-6-7-11-18(17)23(14)21(24)20-15(2)22-19(25-20)13-16-8-4-3-5-9-16/h3-11,14H,12-13H2,1-2H3. The molecule has 3 aromatic rings. The van der Waals surface area contributed by atoms with Crippen LogP contribution in [0.25, 0.3) is 0 Å². The van der Waals surface area contributed by atoms with Crippen molar-refractivity contribution in [3.63, 3.8) is 0 Å². The van der Waals surface area contributed by atoms with Gasteiger partial charge in [0.15, 0.2) is 0 Å². The second-order valence-electron chi connectivity index (χ2n) is 6.54. The van der Waals surface area contributed by atoms with Crippen molar-refractivity contribution in [3.05, 3.63) is 81.3 Å². The molecule has 126 valence electrons. The zero-order valence-electron chi connectivity index (χ0n) is 14.4. The summed E-state index contributed by atoms with van der Waals surface area (Å²) in [5, 5.41) is 0.993. The molecule has 0 saturated heterocycles. The summed E-state index contributed by atoms with van der Waals surface area (Å²) in [7, 11) is 0. The van der Waals surface area contributed by atoms with Crippen LogP contribution in [0.2, 0.25) is 0 Å². The van der Waals surface area contributed by atoms with Crippen molar-refractivity contribution in [1.82, 2.24) is 4.98 Å². The number of amides is 1. The van der Waals surface area contributed by atoms with Crippen LogP contribution >= 0.6 is 11.3 Å². The van der Waals surface area contributed by atoms with Gasteiger partial charge in [0.1, 0.15) is 4.88 Å². The molecule has 0 radical (unpaired) electrons. The minimum Gasteiger partial charge on any atom is -0.304 e. The Bertz CT molecular complexity index is 917. The van der Waals surface area contributed by atoms with Gasteiger partial charge >= 0.3 is 0 Å². The number of carbonyl (C=O) groups is 1. The minimum absolute atomic E-state index is 0.0757. The molecule has 2 aromatic carbocycles. The van der Waals surface area contributed by atoms with Crippen LogP contribution in [0, 0.1) is 6.92 Å². The number of anilines is 1. The Morgan fingerprint density at radius 2 is 1.88 bits per heavy atom. The van der Waals surface area contributed by atoms with Crippen LogP contribution in [-0.4, -0.2) is 16.9 Å². The quantitative estimate of drug-likeness (QED) is 0.691. The van der Waals surface area contributed by atoms with Crippen molar-refractivity contribution >= 4 is 22.9 Å². The van der Waals surface area contributed by atoms with Crippen molar-refractivity contribution in [2.75, 3.05) is 4.90 Å². The van der Waals surface area contributed by atoms with E-state index in [1.807, 2.05) is 48.2 Å². The zero-order valence-corrected chi connectivity index (χ0v) is 15.2. The molecule has 0 N–H and O–H groups in total. The maximum atomic E-state index is 13.2. The Morgan fingerprint density at radius 3 is 2.68 bits per heavy atom. The summed E-state index contributed by atoms with van der Waals surface area (Å²) in [5.74, 6) is 0.0757. The molecule has 2 heterocycles. The summed E-state index contributed by atoms with van der Waals surface area (Å²) >= 11 is 1.52. The Labute approximate surface area is 152 Å². The molecule has 1 unspecified atom stereocenters. The number of carbonyl (C=O) groups excluding carboxylic acids is 1. The summed E-state index contributed by atoms with van der Waals surface area (Å²) in [5.41, 5.74) is 4.33. The number of thiazole rings is 1. The van der Waals surface area contributed by atoms with Gasteiger partial charge in [0, 0.05) is 18.2 Å². The van der Waals surface area contributed by atoms with Crippen LogP contribution in [0.4, 0.5) is 5.69 Å². The van der Waals surface area contributed by atoms with Gasteiger partial charge in [0.25, 0.3) is 5.91 Å². The first kappa shape index (κ1) is 16.0. The maximum Gasteiger partial charge on any atom is 0.270 e. The molecule has 4 heteroatoms. The van der Waals surface area contributed by atoms with Gasteiger partial charge in [-0.05, 0) is 37.5 Å². The molecule has 0 aliphatic carbocycles. The van der Waals surface area contributed by atoms with E-state index in [2.05, 4.69) is 30.1 Å². The third-order valence-electron chi connectivity index (χ3n) is 4.66. The molecule has 0 bridgehead atoms. The van der Waals surface area contributed by atoms with E-state index < -0.39 is 0 Å². The molecule has 1 aliphatic rings. The van der Waals surface area contributed by atoms with Gasteiger partial charge in [-0.15, -0.1) is 11.3 Å². The number of benzene rings is 2. The van der Waals surface area contributed by atoms with E-state index in [1.165, 1.54) is 22.5 Å². The minimum atomic E-state index is 0.0757. The SMILES string of the molecule is Cc1nc(Cc2ccccc2)sc1C(=O)N1c2ccccc2CC1C. The fraction of sp³-hybridized carbons (Fsp3) is 0.238. The number of aryl methyl sites for hydroxylation is 1. The molecule has 0 saturated carbocycles. The largest absolute Gasteiger partial charge is 0.304 e. The fourth-order valence-corrected chi connectivity index (χ4v) is 4.52. The van der Waals surface area contributed by atoms with Crippen LogP contribution in [0.3, 0.4) is 0 Å². The summed E-state index contributed by atoms with van der Waals surface area (Å²) in [6.45, 7) is 4.05. The molecular weight excluding hydrogens is 328 g/mol. The molecule has 1 aliphatic heterocycles. The Kier molecular flexibility index (Phi) is 4.14. The van der Waals surface area contributed by atoms with E-state index in [0.717, 1.165) is 34.1 Å². The van der Waals surface area contributed by atoms with Crippen LogP contribution in [0.15, 0.2) is 54.6 Å². The molecule has 0 spiro atoms. The lowest BCUT2D eigenvalue weighted by atomic mass is 10.1. The first-order valence-electron chi connectivity index (χ1n) is 8.55. The molecule has 1 amide bonds. The molecule has 1 atom stereocenters. The van der Waals surface area contributed by atoms with Crippen molar-refractivity contribution in [1.29, 1.82) is 0 Å². The summed E-state index contributed by atoms with van der Waals surface area (Å²) in [6.07, 6.45) is 1.68. The van der Waals surface area contributed by atoms with Crippen molar-refractivity contribution < 1.29 is 4.79 Å². The highest BCUT2D eigenvalue weighted by atomic mass is 32.1. The Balaban J connectivity index is 1.63. The first-order chi connectivity index (χ1) is 12.1. The van der Waals surface area contributed by atoms with E-state index >= 15 is 0 Å².